The van der Waals surface area contributed by atoms with Gasteiger partial charge in [-0.3, -0.25) is 0 Å². The largest absolute Gasteiger partial charge is 0.497 e. The summed E-state index contributed by atoms with van der Waals surface area (Å²) >= 11 is 0. The Balaban J connectivity index is 1.88. The van der Waals surface area contributed by atoms with E-state index in [0.717, 1.165) is 29.9 Å². The van der Waals surface area contributed by atoms with Gasteiger partial charge in [0.05, 0.1) is 25.9 Å². The van der Waals surface area contributed by atoms with Crippen LogP contribution in [0, 0.1) is 11.3 Å². The lowest BCUT2D eigenvalue weighted by Gasteiger charge is -2.10. The average molecular weight is 369 g/mol. The van der Waals surface area contributed by atoms with Crippen LogP contribution in [0.1, 0.15) is 22.3 Å². The third kappa shape index (κ3) is 5.02. The van der Waals surface area contributed by atoms with Gasteiger partial charge in [-0.2, -0.15) is 5.26 Å². The fraction of sp³-hybridized carbons (Fsp3) is 0.160. The van der Waals surface area contributed by atoms with Crippen LogP contribution in [0.25, 0.3) is 5.57 Å². The summed E-state index contributed by atoms with van der Waals surface area (Å²) in [5.41, 5.74) is 5.35. The highest BCUT2D eigenvalue weighted by Crippen LogP contribution is 2.23. The predicted octanol–water partition coefficient (Wildman–Crippen LogP) is 5.44. The van der Waals surface area contributed by atoms with Gasteiger partial charge in [-0.1, -0.05) is 42.5 Å². The second-order valence-corrected chi connectivity index (χ2v) is 6.50. The maximum Gasteiger partial charge on any atom is 0.118 e. The van der Waals surface area contributed by atoms with Gasteiger partial charge in [-0.15, -0.1) is 0 Å². The molecular weight excluding hydrogens is 346 g/mol. The van der Waals surface area contributed by atoms with E-state index in [1.54, 1.807) is 14.2 Å². The molecule has 140 valence electrons. The number of nitriles is 1. The van der Waals surface area contributed by atoms with Gasteiger partial charge in [0.1, 0.15) is 11.5 Å². The number of rotatable bonds is 7. The molecule has 0 fully saturated rings. The topological polar surface area (TPSA) is 42.2 Å². The van der Waals surface area contributed by atoms with Gasteiger partial charge in [0.15, 0.2) is 0 Å². The lowest BCUT2D eigenvalue weighted by Crippen LogP contribution is -1.94. The molecule has 0 atom stereocenters. The second-order valence-electron chi connectivity index (χ2n) is 6.50. The van der Waals surface area contributed by atoms with E-state index in [-0.39, 0.29) is 0 Å². The third-order valence-corrected chi connectivity index (χ3v) is 4.66. The summed E-state index contributed by atoms with van der Waals surface area (Å²) in [4.78, 5) is 0. The molecule has 3 nitrogen and oxygen atoms in total. The monoisotopic (exact) mass is 369 g/mol. The maximum absolute atomic E-state index is 9.25. The normalized spacial score (nSPS) is 11.0. The van der Waals surface area contributed by atoms with E-state index >= 15 is 0 Å². The van der Waals surface area contributed by atoms with Crippen molar-refractivity contribution in [1.82, 2.24) is 0 Å². The molecule has 0 aliphatic heterocycles. The van der Waals surface area contributed by atoms with E-state index in [4.69, 9.17) is 9.47 Å². The van der Waals surface area contributed by atoms with Crippen molar-refractivity contribution in [2.24, 2.45) is 0 Å². The Kier molecular flexibility index (Phi) is 6.49. The summed E-state index contributed by atoms with van der Waals surface area (Å²) in [6, 6.07) is 26.2. The maximum atomic E-state index is 9.25. The molecule has 3 heteroatoms. The number of ether oxygens (including phenoxy) is 2. The highest BCUT2D eigenvalue weighted by molar-refractivity contribution is 5.69. The molecule has 0 saturated carbocycles. The Morgan fingerprint density at radius 2 is 1.46 bits per heavy atom. The summed E-state index contributed by atoms with van der Waals surface area (Å²) in [6.45, 7) is 0. The molecule has 3 rings (SSSR count). The fourth-order valence-corrected chi connectivity index (χ4v) is 3.05. The summed E-state index contributed by atoms with van der Waals surface area (Å²) in [6.07, 6.45) is 3.84. The molecular formula is C25H23NO2. The first kappa shape index (κ1) is 19.3. The standard InChI is InChI=1S/C25H23NO2/c1-27-24-12-7-19(8-13-24)6-11-23(22-5-3-4-21(17-22)18-26)16-20-9-14-25(28-2)15-10-20/h3-5,7-15,17H,6,16H2,1-2H3. The van der Waals surface area contributed by atoms with Crippen LogP contribution >= 0.6 is 0 Å². The van der Waals surface area contributed by atoms with E-state index in [0.29, 0.717) is 5.56 Å². The molecule has 0 bridgehead atoms. The summed E-state index contributed by atoms with van der Waals surface area (Å²) in [7, 11) is 3.34. The zero-order chi connectivity index (χ0) is 19.8. The minimum Gasteiger partial charge on any atom is -0.497 e. The van der Waals surface area contributed by atoms with Gasteiger partial charge >= 0.3 is 0 Å². The van der Waals surface area contributed by atoms with Crippen LogP contribution in [0.4, 0.5) is 0 Å². The molecule has 3 aromatic carbocycles. The molecule has 0 aliphatic carbocycles. The summed E-state index contributed by atoms with van der Waals surface area (Å²) < 4.78 is 10.5. The third-order valence-electron chi connectivity index (χ3n) is 4.66. The Morgan fingerprint density at radius 1 is 0.857 bits per heavy atom. The van der Waals surface area contributed by atoms with Gasteiger partial charge in [0, 0.05) is 0 Å². The zero-order valence-electron chi connectivity index (χ0n) is 16.2. The Hall–Kier alpha value is -3.51. The summed E-state index contributed by atoms with van der Waals surface area (Å²) in [5, 5.41) is 9.25. The Bertz CT molecular complexity index is 980. The minimum absolute atomic E-state index is 0.669. The number of hydrogen-bond donors (Lipinski definition) is 0. The highest BCUT2D eigenvalue weighted by atomic mass is 16.5. The van der Waals surface area contributed by atoms with Crippen LogP contribution in [0.5, 0.6) is 11.5 Å². The molecule has 0 aromatic heterocycles. The van der Waals surface area contributed by atoms with E-state index in [9.17, 15) is 5.26 Å². The van der Waals surface area contributed by atoms with Gasteiger partial charge in [-0.25, -0.2) is 0 Å². The van der Waals surface area contributed by atoms with Crippen LogP contribution in [0.15, 0.2) is 78.9 Å². The van der Waals surface area contributed by atoms with Gasteiger partial charge < -0.3 is 9.47 Å². The molecule has 0 N–H and O–H groups in total. The lowest BCUT2D eigenvalue weighted by molar-refractivity contribution is 0.414. The van der Waals surface area contributed by atoms with E-state index < -0.39 is 0 Å². The van der Waals surface area contributed by atoms with Crippen LogP contribution < -0.4 is 9.47 Å². The highest BCUT2D eigenvalue weighted by Gasteiger charge is 2.06. The van der Waals surface area contributed by atoms with E-state index in [1.165, 1.54) is 16.7 Å². The number of allylic oxidation sites excluding steroid dienone is 2. The zero-order valence-corrected chi connectivity index (χ0v) is 16.2. The number of methoxy groups -OCH3 is 2. The molecule has 0 unspecified atom stereocenters. The Morgan fingerprint density at radius 3 is 2.04 bits per heavy atom. The van der Waals surface area contributed by atoms with E-state index in [2.05, 4.69) is 42.5 Å². The minimum atomic E-state index is 0.669. The fourth-order valence-electron chi connectivity index (χ4n) is 3.05. The smallest absolute Gasteiger partial charge is 0.118 e. The van der Waals surface area contributed by atoms with Crippen molar-refractivity contribution in [3.63, 3.8) is 0 Å². The second kappa shape index (κ2) is 9.43. The molecule has 0 radical (unpaired) electrons. The van der Waals surface area contributed by atoms with E-state index in [1.807, 2.05) is 42.5 Å². The molecule has 28 heavy (non-hydrogen) atoms. The van der Waals surface area contributed by atoms with Gasteiger partial charge in [0.25, 0.3) is 0 Å². The van der Waals surface area contributed by atoms with Crippen LogP contribution in [-0.2, 0) is 12.8 Å². The van der Waals surface area contributed by atoms with Crippen LogP contribution in [0.2, 0.25) is 0 Å². The molecule has 0 aliphatic rings. The van der Waals surface area contributed by atoms with Crippen molar-refractivity contribution in [2.75, 3.05) is 14.2 Å². The number of hydrogen-bond acceptors (Lipinski definition) is 3. The van der Waals surface area contributed by atoms with Crippen molar-refractivity contribution in [2.45, 2.75) is 12.8 Å². The molecule has 0 spiro atoms. The van der Waals surface area contributed by atoms with Gasteiger partial charge in [0.2, 0.25) is 0 Å². The molecule has 3 aromatic rings. The van der Waals surface area contributed by atoms with Crippen molar-refractivity contribution in [3.8, 4) is 17.6 Å². The molecule has 0 saturated heterocycles. The molecule has 0 amide bonds. The average Bonchev–Trinajstić information content (AvgIpc) is 2.77. The van der Waals surface area contributed by atoms with Crippen molar-refractivity contribution in [1.29, 1.82) is 5.26 Å². The molecule has 0 heterocycles. The first-order chi connectivity index (χ1) is 13.7. The number of nitrogens with zero attached hydrogens (tertiary/aromatic N) is 1. The van der Waals surface area contributed by atoms with Crippen LogP contribution in [0.3, 0.4) is 0 Å². The quantitative estimate of drug-likeness (QED) is 0.556. The first-order valence-corrected chi connectivity index (χ1v) is 9.17. The van der Waals surface area contributed by atoms with Crippen molar-refractivity contribution >= 4 is 5.57 Å². The SMILES string of the molecule is COc1ccc(CC=C(Cc2ccc(OC)cc2)c2cccc(C#N)c2)cc1. The van der Waals surface area contributed by atoms with Crippen molar-refractivity contribution in [3.05, 3.63) is 101 Å². The van der Waals surface area contributed by atoms with Crippen molar-refractivity contribution < 1.29 is 9.47 Å². The lowest BCUT2D eigenvalue weighted by atomic mass is 9.95. The first-order valence-electron chi connectivity index (χ1n) is 9.17. The van der Waals surface area contributed by atoms with Gasteiger partial charge in [-0.05, 0) is 71.5 Å². The number of benzene rings is 3. The predicted molar refractivity (Wildman–Crippen MR) is 113 cm³/mol. The summed E-state index contributed by atoms with van der Waals surface area (Å²) in [5.74, 6) is 1.70. The Labute approximate surface area is 166 Å². The van der Waals surface area contributed by atoms with Crippen LogP contribution in [-0.4, -0.2) is 14.2 Å².